The molecular formula is C12H12BrFN4O. The molecule has 7 heteroatoms. The number of nitrogens with one attached hydrogen (secondary N) is 1. The van der Waals surface area contributed by atoms with Gasteiger partial charge < -0.3 is 5.32 Å². The summed E-state index contributed by atoms with van der Waals surface area (Å²) in [5.74, 6) is -0.800. The van der Waals surface area contributed by atoms with Crippen molar-refractivity contribution in [3.63, 3.8) is 0 Å². The Hall–Kier alpha value is -1.76. The number of halogens is 2. The number of hydrogen-bond acceptors (Lipinski definition) is 3. The molecule has 0 spiro atoms. The van der Waals surface area contributed by atoms with E-state index >= 15 is 0 Å². The molecule has 0 aliphatic carbocycles. The van der Waals surface area contributed by atoms with Crippen molar-refractivity contribution in [2.24, 2.45) is 7.05 Å². The third kappa shape index (κ3) is 3.17. The minimum Gasteiger partial charge on any atom is -0.346 e. The Morgan fingerprint density at radius 3 is 2.89 bits per heavy atom. The van der Waals surface area contributed by atoms with Gasteiger partial charge in [-0.3, -0.25) is 4.79 Å². The smallest absolute Gasteiger partial charge is 0.252 e. The highest BCUT2D eigenvalue weighted by Gasteiger charge is 2.13. The summed E-state index contributed by atoms with van der Waals surface area (Å²) in [7, 11) is 1.69. The maximum absolute atomic E-state index is 13.3. The van der Waals surface area contributed by atoms with Gasteiger partial charge in [0.05, 0.1) is 12.7 Å². The van der Waals surface area contributed by atoms with E-state index in [1.54, 1.807) is 20.2 Å². The first-order valence-corrected chi connectivity index (χ1v) is 6.35. The van der Waals surface area contributed by atoms with Gasteiger partial charge in [0, 0.05) is 17.1 Å². The summed E-state index contributed by atoms with van der Waals surface area (Å²) in [5, 5.41) is 10.6. The molecule has 0 unspecified atom stereocenters. The fraction of sp³-hybridized carbons (Fsp3) is 0.250. The fourth-order valence-corrected chi connectivity index (χ4v) is 2.05. The van der Waals surface area contributed by atoms with E-state index in [1.165, 1.54) is 16.9 Å². The number of carbonyl (C=O) groups excluding carboxylic acids is 1. The molecule has 0 saturated heterocycles. The van der Waals surface area contributed by atoms with Crippen LogP contribution in [-0.2, 0) is 13.6 Å². The molecule has 0 radical (unpaired) electrons. The maximum atomic E-state index is 13.3. The van der Waals surface area contributed by atoms with Crippen LogP contribution >= 0.6 is 15.9 Å². The van der Waals surface area contributed by atoms with Crippen LogP contribution in [0.1, 0.15) is 21.6 Å². The van der Waals surface area contributed by atoms with E-state index in [4.69, 9.17) is 0 Å². The Morgan fingerprint density at radius 1 is 1.53 bits per heavy atom. The minimum absolute atomic E-state index is 0.250. The Morgan fingerprint density at radius 2 is 2.26 bits per heavy atom. The van der Waals surface area contributed by atoms with Crippen LogP contribution in [-0.4, -0.2) is 20.9 Å². The molecule has 0 aliphatic rings. The standard InChI is InChI=1S/C12H12BrFN4O/c1-7-10(3-8(14)4-11(7)13)12(19)15-5-9-6-16-18(2)17-9/h3-4,6H,5H2,1-2H3,(H,15,19). The molecule has 19 heavy (non-hydrogen) atoms. The average Bonchev–Trinajstić information content (AvgIpc) is 2.76. The maximum Gasteiger partial charge on any atom is 0.252 e. The summed E-state index contributed by atoms with van der Waals surface area (Å²) < 4.78 is 13.9. The lowest BCUT2D eigenvalue weighted by molar-refractivity contribution is 0.0949. The molecule has 1 aromatic heterocycles. The molecule has 2 aromatic rings. The first kappa shape index (κ1) is 13.7. The van der Waals surface area contributed by atoms with Gasteiger partial charge in [-0.15, -0.1) is 0 Å². The number of nitrogens with zero attached hydrogens (tertiary/aromatic N) is 3. The summed E-state index contributed by atoms with van der Waals surface area (Å²) in [6.07, 6.45) is 1.56. The van der Waals surface area contributed by atoms with Crippen LogP contribution in [0.3, 0.4) is 0 Å². The van der Waals surface area contributed by atoms with Crippen molar-refractivity contribution in [2.75, 3.05) is 0 Å². The van der Waals surface area contributed by atoms with E-state index in [9.17, 15) is 9.18 Å². The minimum atomic E-state index is -0.456. The summed E-state index contributed by atoms with van der Waals surface area (Å²) in [4.78, 5) is 13.4. The van der Waals surface area contributed by atoms with Crippen LogP contribution in [0.4, 0.5) is 4.39 Å². The molecule has 0 saturated carbocycles. The molecule has 1 amide bonds. The van der Waals surface area contributed by atoms with Crippen molar-refractivity contribution in [1.82, 2.24) is 20.3 Å². The van der Waals surface area contributed by atoms with Crippen LogP contribution in [0.25, 0.3) is 0 Å². The van der Waals surface area contributed by atoms with E-state index in [-0.39, 0.29) is 12.5 Å². The lowest BCUT2D eigenvalue weighted by Gasteiger charge is -2.08. The number of carbonyl (C=O) groups is 1. The Kier molecular flexibility index (Phi) is 3.94. The number of amides is 1. The van der Waals surface area contributed by atoms with Gasteiger partial charge in [-0.2, -0.15) is 15.0 Å². The molecule has 0 aliphatic heterocycles. The lowest BCUT2D eigenvalue weighted by atomic mass is 10.1. The van der Waals surface area contributed by atoms with Crippen LogP contribution < -0.4 is 5.32 Å². The predicted octanol–water partition coefficient (Wildman–Crippen LogP) is 1.96. The van der Waals surface area contributed by atoms with Gasteiger partial charge in [-0.1, -0.05) is 15.9 Å². The SMILES string of the molecule is Cc1c(Br)cc(F)cc1C(=O)NCc1cnn(C)n1. The highest BCUT2D eigenvalue weighted by molar-refractivity contribution is 9.10. The molecule has 5 nitrogen and oxygen atoms in total. The third-order valence-electron chi connectivity index (χ3n) is 2.63. The second-order valence-electron chi connectivity index (χ2n) is 4.07. The molecular weight excluding hydrogens is 315 g/mol. The normalized spacial score (nSPS) is 10.5. The van der Waals surface area contributed by atoms with Crippen molar-refractivity contribution in [3.8, 4) is 0 Å². The summed E-state index contributed by atoms with van der Waals surface area (Å²) in [5.41, 5.74) is 1.64. The van der Waals surface area contributed by atoms with Gasteiger partial charge in [0.25, 0.3) is 5.91 Å². The van der Waals surface area contributed by atoms with Crippen molar-refractivity contribution in [2.45, 2.75) is 13.5 Å². The first-order valence-electron chi connectivity index (χ1n) is 5.56. The zero-order valence-electron chi connectivity index (χ0n) is 10.4. The molecule has 1 heterocycles. The quantitative estimate of drug-likeness (QED) is 0.937. The molecule has 100 valence electrons. The highest BCUT2D eigenvalue weighted by Crippen LogP contribution is 2.21. The largest absolute Gasteiger partial charge is 0.346 e. The second kappa shape index (κ2) is 5.48. The number of aromatic nitrogens is 3. The van der Waals surface area contributed by atoms with Crippen LogP contribution in [0.5, 0.6) is 0 Å². The molecule has 1 aromatic carbocycles. The number of benzene rings is 1. The van der Waals surface area contributed by atoms with Crippen LogP contribution in [0, 0.1) is 12.7 Å². The second-order valence-corrected chi connectivity index (χ2v) is 4.92. The van der Waals surface area contributed by atoms with Gasteiger partial charge in [-0.05, 0) is 24.6 Å². The van der Waals surface area contributed by atoms with Crippen molar-refractivity contribution >= 4 is 21.8 Å². The Balaban J connectivity index is 2.12. The zero-order valence-corrected chi connectivity index (χ0v) is 12.0. The molecule has 0 fully saturated rings. The van der Waals surface area contributed by atoms with Crippen molar-refractivity contribution in [3.05, 3.63) is 45.4 Å². The van der Waals surface area contributed by atoms with Gasteiger partial charge in [0.2, 0.25) is 0 Å². The zero-order chi connectivity index (χ0) is 14.0. The van der Waals surface area contributed by atoms with Crippen molar-refractivity contribution < 1.29 is 9.18 Å². The van der Waals surface area contributed by atoms with Crippen LogP contribution in [0.15, 0.2) is 22.8 Å². The number of hydrogen-bond donors (Lipinski definition) is 1. The first-order chi connectivity index (χ1) is 8.97. The van der Waals surface area contributed by atoms with E-state index in [2.05, 4.69) is 31.4 Å². The highest BCUT2D eigenvalue weighted by atomic mass is 79.9. The lowest BCUT2D eigenvalue weighted by Crippen LogP contribution is -2.24. The summed E-state index contributed by atoms with van der Waals surface area (Å²) >= 11 is 3.22. The van der Waals surface area contributed by atoms with E-state index in [1.807, 2.05) is 0 Å². The third-order valence-corrected chi connectivity index (χ3v) is 3.45. The topological polar surface area (TPSA) is 59.8 Å². The summed E-state index contributed by atoms with van der Waals surface area (Å²) in [6.45, 7) is 2.00. The van der Waals surface area contributed by atoms with E-state index < -0.39 is 5.82 Å². The van der Waals surface area contributed by atoms with Crippen LogP contribution in [0.2, 0.25) is 0 Å². The monoisotopic (exact) mass is 326 g/mol. The Bertz CT molecular complexity index is 626. The van der Waals surface area contributed by atoms with E-state index in [0.29, 0.717) is 21.3 Å². The number of rotatable bonds is 3. The average molecular weight is 327 g/mol. The predicted molar refractivity (Wildman–Crippen MR) is 71.0 cm³/mol. The van der Waals surface area contributed by atoms with Crippen molar-refractivity contribution in [1.29, 1.82) is 0 Å². The van der Waals surface area contributed by atoms with Gasteiger partial charge >= 0.3 is 0 Å². The van der Waals surface area contributed by atoms with Gasteiger partial charge in [-0.25, -0.2) is 4.39 Å². The summed E-state index contributed by atoms with van der Waals surface area (Å²) in [6, 6.07) is 2.54. The fourth-order valence-electron chi connectivity index (χ4n) is 1.62. The van der Waals surface area contributed by atoms with Gasteiger partial charge in [0.15, 0.2) is 0 Å². The molecule has 2 rings (SSSR count). The van der Waals surface area contributed by atoms with Gasteiger partial charge in [0.1, 0.15) is 11.5 Å². The molecule has 0 bridgehead atoms. The molecule has 1 N–H and O–H groups in total. The number of aryl methyl sites for hydroxylation is 1. The molecule has 0 atom stereocenters. The Labute approximate surface area is 117 Å². The van der Waals surface area contributed by atoms with E-state index in [0.717, 1.165) is 0 Å².